The Morgan fingerprint density at radius 2 is 1.68 bits per heavy atom. The monoisotopic (exact) mass is 366 g/mol. The SMILES string of the molecule is C=C[Si](C)(C)O[Si](C)(C)CCSCCC(OC)(OC)OCC. The Labute approximate surface area is 143 Å². The molecule has 4 nitrogen and oxygen atoms in total. The number of thioether (sulfide) groups is 1. The predicted molar refractivity (Wildman–Crippen MR) is 101 cm³/mol. The zero-order valence-corrected chi connectivity index (χ0v) is 18.2. The van der Waals surface area contributed by atoms with Crippen molar-refractivity contribution < 1.29 is 18.3 Å². The molecule has 0 amide bonds. The van der Waals surface area contributed by atoms with Gasteiger partial charge in [0.1, 0.15) is 0 Å². The van der Waals surface area contributed by atoms with Crippen molar-refractivity contribution in [1.82, 2.24) is 0 Å². The minimum absolute atomic E-state index is 0.571. The van der Waals surface area contributed by atoms with E-state index in [4.69, 9.17) is 18.3 Å². The van der Waals surface area contributed by atoms with Crippen molar-refractivity contribution in [2.45, 2.75) is 51.5 Å². The van der Waals surface area contributed by atoms with E-state index >= 15 is 0 Å². The molecule has 22 heavy (non-hydrogen) atoms. The lowest BCUT2D eigenvalue weighted by atomic mass is 10.4. The molecule has 0 atom stereocenters. The Kier molecular flexibility index (Phi) is 10.4. The van der Waals surface area contributed by atoms with Crippen LogP contribution in [0.4, 0.5) is 0 Å². The second-order valence-electron chi connectivity index (χ2n) is 6.31. The summed E-state index contributed by atoms with van der Waals surface area (Å²) in [7, 11) is -0.0471. The number of hydrogen-bond donors (Lipinski definition) is 0. The molecule has 0 aliphatic rings. The average molecular weight is 367 g/mol. The summed E-state index contributed by atoms with van der Waals surface area (Å²) in [6.45, 7) is 15.4. The van der Waals surface area contributed by atoms with Crippen molar-refractivity contribution in [2.24, 2.45) is 0 Å². The molecule has 0 aromatic rings. The average Bonchev–Trinajstić information content (AvgIpc) is 2.44. The highest BCUT2D eigenvalue weighted by Crippen LogP contribution is 2.24. The van der Waals surface area contributed by atoms with Crippen molar-refractivity contribution in [2.75, 3.05) is 32.3 Å². The van der Waals surface area contributed by atoms with Crippen LogP contribution in [0.3, 0.4) is 0 Å². The zero-order valence-electron chi connectivity index (χ0n) is 15.4. The van der Waals surface area contributed by atoms with Gasteiger partial charge >= 0.3 is 0 Å². The molecule has 0 bridgehead atoms. The van der Waals surface area contributed by atoms with Gasteiger partial charge in [0.25, 0.3) is 5.97 Å². The fourth-order valence-electron chi connectivity index (χ4n) is 2.12. The molecule has 0 aliphatic carbocycles. The summed E-state index contributed by atoms with van der Waals surface area (Å²) in [5.41, 5.74) is 2.02. The maximum absolute atomic E-state index is 6.38. The summed E-state index contributed by atoms with van der Waals surface area (Å²) >= 11 is 1.90. The van der Waals surface area contributed by atoms with E-state index in [1.165, 1.54) is 0 Å². The van der Waals surface area contributed by atoms with Gasteiger partial charge in [-0.15, -0.1) is 6.58 Å². The largest absolute Gasteiger partial charge is 0.453 e. The van der Waals surface area contributed by atoms with E-state index in [1.54, 1.807) is 14.2 Å². The van der Waals surface area contributed by atoms with E-state index in [1.807, 2.05) is 24.4 Å². The topological polar surface area (TPSA) is 36.9 Å². The molecule has 0 unspecified atom stereocenters. The number of hydrogen-bond acceptors (Lipinski definition) is 5. The molecule has 0 aliphatic heterocycles. The summed E-state index contributed by atoms with van der Waals surface area (Å²) in [5.74, 6) is 1.13. The lowest BCUT2D eigenvalue weighted by Gasteiger charge is -2.32. The molecule has 7 heteroatoms. The van der Waals surface area contributed by atoms with E-state index < -0.39 is 22.6 Å². The van der Waals surface area contributed by atoms with Crippen molar-refractivity contribution in [3.63, 3.8) is 0 Å². The lowest BCUT2D eigenvalue weighted by molar-refractivity contribution is -0.361. The fraction of sp³-hybridized carbons (Fsp3) is 0.867. The van der Waals surface area contributed by atoms with Crippen molar-refractivity contribution in [3.05, 3.63) is 12.3 Å². The van der Waals surface area contributed by atoms with Gasteiger partial charge in [0.05, 0.1) is 0 Å². The third kappa shape index (κ3) is 8.86. The maximum Gasteiger partial charge on any atom is 0.283 e. The van der Waals surface area contributed by atoms with Crippen LogP contribution in [0.5, 0.6) is 0 Å². The van der Waals surface area contributed by atoms with Gasteiger partial charge in [-0.2, -0.15) is 11.8 Å². The highest BCUT2D eigenvalue weighted by Gasteiger charge is 2.32. The predicted octanol–water partition coefficient (Wildman–Crippen LogP) is 4.24. The third-order valence-electron chi connectivity index (χ3n) is 3.42. The molecule has 0 aromatic carbocycles. The molecule has 0 fully saturated rings. The van der Waals surface area contributed by atoms with E-state index in [9.17, 15) is 0 Å². The first-order valence-electron chi connectivity index (χ1n) is 7.81. The quantitative estimate of drug-likeness (QED) is 0.277. The molecule has 0 saturated heterocycles. The summed E-state index contributed by atoms with van der Waals surface area (Å²) in [4.78, 5) is 0. The minimum Gasteiger partial charge on any atom is -0.453 e. The van der Waals surface area contributed by atoms with Crippen molar-refractivity contribution in [3.8, 4) is 0 Å². The van der Waals surface area contributed by atoms with Crippen LogP contribution >= 0.6 is 11.8 Å². The first kappa shape index (κ1) is 22.4. The highest BCUT2D eigenvalue weighted by molar-refractivity contribution is 7.99. The van der Waals surface area contributed by atoms with E-state index in [2.05, 4.69) is 32.8 Å². The molecular weight excluding hydrogens is 332 g/mol. The fourth-order valence-corrected chi connectivity index (χ4v) is 11.7. The van der Waals surface area contributed by atoms with Crippen LogP contribution in [0, 0.1) is 0 Å². The summed E-state index contributed by atoms with van der Waals surface area (Å²) in [6.07, 6.45) is 0.717. The molecule has 0 spiro atoms. The van der Waals surface area contributed by atoms with Crippen LogP contribution in [0.15, 0.2) is 12.3 Å². The number of methoxy groups -OCH3 is 2. The first-order valence-corrected chi connectivity index (χ1v) is 15.1. The Morgan fingerprint density at radius 3 is 2.14 bits per heavy atom. The number of ether oxygens (including phenoxy) is 3. The third-order valence-corrected chi connectivity index (χ3v) is 11.5. The Bertz CT molecular complexity index is 321. The van der Waals surface area contributed by atoms with Crippen LogP contribution in [0.2, 0.25) is 32.2 Å². The van der Waals surface area contributed by atoms with E-state index in [0.717, 1.165) is 17.5 Å². The summed E-state index contributed by atoms with van der Waals surface area (Å²) in [6, 6.07) is 1.14. The van der Waals surface area contributed by atoms with Gasteiger partial charge in [0, 0.05) is 33.0 Å². The minimum atomic E-state index is -1.68. The van der Waals surface area contributed by atoms with Gasteiger partial charge in [0.15, 0.2) is 16.6 Å². The van der Waals surface area contributed by atoms with Crippen LogP contribution in [-0.2, 0) is 18.3 Å². The molecule has 0 saturated carbocycles. The second kappa shape index (κ2) is 10.3. The van der Waals surface area contributed by atoms with Crippen molar-refractivity contribution in [1.29, 1.82) is 0 Å². The van der Waals surface area contributed by atoms with Gasteiger partial charge in [0.2, 0.25) is 0 Å². The van der Waals surface area contributed by atoms with Crippen LogP contribution in [0.25, 0.3) is 0 Å². The Hall–Kier alpha value is 0.364. The molecular formula is C15H34O4SSi2. The van der Waals surface area contributed by atoms with Crippen LogP contribution in [0.1, 0.15) is 13.3 Å². The van der Waals surface area contributed by atoms with Gasteiger partial charge in [-0.25, -0.2) is 0 Å². The molecule has 132 valence electrons. The van der Waals surface area contributed by atoms with Gasteiger partial charge in [-0.05, 0) is 44.9 Å². The molecule has 0 rings (SSSR count). The standard InChI is InChI=1S/C15H34O4SSi2/c1-9-18-15(16-3,17-4)11-12-20-13-14-22(7,8)19-21(5,6)10-2/h10H,2,9,11-14H2,1,3-8H3. The maximum atomic E-state index is 6.38. The van der Waals surface area contributed by atoms with Gasteiger partial charge in [-0.3, -0.25) is 0 Å². The normalized spacial score (nSPS) is 13.4. The van der Waals surface area contributed by atoms with Crippen LogP contribution in [-0.4, -0.2) is 54.9 Å². The number of rotatable bonds is 13. The summed E-state index contributed by atoms with van der Waals surface area (Å²) < 4.78 is 22.7. The van der Waals surface area contributed by atoms with Crippen molar-refractivity contribution >= 4 is 28.4 Å². The lowest BCUT2D eigenvalue weighted by Crippen LogP contribution is -2.43. The Balaban J connectivity index is 4.13. The molecule has 0 aromatic heterocycles. The molecule has 0 radical (unpaired) electrons. The molecule has 0 N–H and O–H groups in total. The van der Waals surface area contributed by atoms with Gasteiger partial charge in [-0.1, -0.05) is 5.70 Å². The van der Waals surface area contributed by atoms with Gasteiger partial charge < -0.3 is 18.3 Å². The second-order valence-corrected chi connectivity index (χ2v) is 16.0. The highest BCUT2D eigenvalue weighted by atomic mass is 32.2. The summed E-state index contributed by atoms with van der Waals surface area (Å²) in [5, 5.41) is 0. The van der Waals surface area contributed by atoms with E-state index in [0.29, 0.717) is 13.0 Å². The first-order chi connectivity index (χ1) is 10.2. The zero-order chi connectivity index (χ0) is 17.3. The van der Waals surface area contributed by atoms with E-state index in [-0.39, 0.29) is 0 Å². The Morgan fingerprint density at radius 1 is 1.09 bits per heavy atom. The van der Waals surface area contributed by atoms with Crippen LogP contribution < -0.4 is 0 Å². The smallest absolute Gasteiger partial charge is 0.283 e. The molecule has 0 heterocycles.